The highest BCUT2D eigenvalue weighted by Gasteiger charge is 2.26. The summed E-state index contributed by atoms with van der Waals surface area (Å²) >= 11 is 0. The van der Waals surface area contributed by atoms with E-state index in [0.717, 1.165) is 51.1 Å². The van der Waals surface area contributed by atoms with Crippen LogP contribution in [0.1, 0.15) is 32.8 Å². The van der Waals surface area contributed by atoms with E-state index in [1.807, 2.05) is 7.05 Å². The summed E-state index contributed by atoms with van der Waals surface area (Å²) in [6, 6.07) is 11.1. The molecule has 0 radical (unpaired) electrons. The second-order valence-electron chi connectivity index (χ2n) is 7.76. The predicted octanol–water partition coefficient (Wildman–Crippen LogP) is 3.36. The minimum Gasteiger partial charge on any atom is -0.355 e. The third-order valence-corrected chi connectivity index (χ3v) is 5.79. The summed E-state index contributed by atoms with van der Waals surface area (Å²) < 4.78 is 0. The van der Waals surface area contributed by atoms with Crippen molar-refractivity contribution in [3.05, 3.63) is 35.9 Å². The number of guanidine groups is 1. The van der Waals surface area contributed by atoms with Gasteiger partial charge in [-0.15, -0.1) is 24.0 Å². The standard InChI is InChI=1S/C22H39N5.HI/c1-6-26(7-2)17-21-13-14-27(18-21)22(23-4)24-15-19(3)25(5)16-20-11-9-8-10-12-20;/h8-12,19,21H,6-7,13-18H2,1-5H3,(H,23,24);1H. The van der Waals surface area contributed by atoms with Gasteiger partial charge in [0, 0.05) is 45.8 Å². The van der Waals surface area contributed by atoms with Crippen LogP contribution in [0.3, 0.4) is 0 Å². The molecule has 0 aliphatic carbocycles. The lowest BCUT2D eigenvalue weighted by Crippen LogP contribution is -2.46. The number of benzene rings is 1. The molecule has 1 aliphatic rings. The average Bonchev–Trinajstić information content (AvgIpc) is 3.15. The lowest BCUT2D eigenvalue weighted by atomic mass is 10.1. The first-order valence-corrected chi connectivity index (χ1v) is 10.5. The Morgan fingerprint density at radius 1 is 1.25 bits per heavy atom. The summed E-state index contributed by atoms with van der Waals surface area (Å²) in [5, 5.41) is 3.60. The highest BCUT2D eigenvalue weighted by molar-refractivity contribution is 14.0. The van der Waals surface area contributed by atoms with E-state index >= 15 is 0 Å². The molecule has 160 valence electrons. The molecule has 28 heavy (non-hydrogen) atoms. The Morgan fingerprint density at radius 3 is 2.54 bits per heavy atom. The maximum Gasteiger partial charge on any atom is 0.193 e. The monoisotopic (exact) mass is 501 g/mol. The number of hydrogen-bond acceptors (Lipinski definition) is 3. The van der Waals surface area contributed by atoms with Crippen LogP contribution in [0.4, 0.5) is 0 Å². The van der Waals surface area contributed by atoms with Crippen LogP contribution < -0.4 is 5.32 Å². The molecule has 1 N–H and O–H groups in total. The van der Waals surface area contributed by atoms with Crippen molar-refractivity contribution in [1.29, 1.82) is 0 Å². The SMILES string of the molecule is CCN(CC)CC1CCN(C(=NC)NCC(C)N(C)Cc2ccccc2)C1.I. The van der Waals surface area contributed by atoms with Gasteiger partial charge in [0.25, 0.3) is 0 Å². The van der Waals surface area contributed by atoms with Gasteiger partial charge in [0.1, 0.15) is 0 Å². The van der Waals surface area contributed by atoms with Crippen molar-refractivity contribution in [1.82, 2.24) is 20.0 Å². The van der Waals surface area contributed by atoms with Gasteiger partial charge in [0.15, 0.2) is 5.96 Å². The Labute approximate surface area is 189 Å². The van der Waals surface area contributed by atoms with Crippen LogP contribution in [0.2, 0.25) is 0 Å². The van der Waals surface area contributed by atoms with Gasteiger partial charge in [-0.1, -0.05) is 44.2 Å². The van der Waals surface area contributed by atoms with Crippen LogP contribution in [0.25, 0.3) is 0 Å². The molecule has 1 saturated heterocycles. The highest BCUT2D eigenvalue weighted by Crippen LogP contribution is 2.17. The van der Waals surface area contributed by atoms with Crippen LogP contribution in [0, 0.1) is 5.92 Å². The van der Waals surface area contributed by atoms with E-state index in [9.17, 15) is 0 Å². The molecule has 0 amide bonds. The fourth-order valence-electron chi connectivity index (χ4n) is 3.78. The van der Waals surface area contributed by atoms with E-state index < -0.39 is 0 Å². The summed E-state index contributed by atoms with van der Waals surface area (Å²) in [6.45, 7) is 14.4. The van der Waals surface area contributed by atoms with Crippen molar-refractivity contribution in [2.45, 2.75) is 39.8 Å². The maximum absolute atomic E-state index is 4.54. The van der Waals surface area contributed by atoms with Crippen molar-refractivity contribution >= 4 is 29.9 Å². The van der Waals surface area contributed by atoms with E-state index in [4.69, 9.17) is 0 Å². The number of nitrogens with zero attached hydrogens (tertiary/aromatic N) is 4. The molecular formula is C22H40IN5. The Hall–Kier alpha value is -0.860. The predicted molar refractivity (Wildman–Crippen MR) is 132 cm³/mol. The molecule has 6 heteroatoms. The van der Waals surface area contributed by atoms with Crippen LogP contribution in [-0.2, 0) is 6.54 Å². The zero-order valence-corrected chi connectivity index (χ0v) is 20.7. The quantitative estimate of drug-likeness (QED) is 0.320. The van der Waals surface area contributed by atoms with E-state index in [0.29, 0.717) is 6.04 Å². The van der Waals surface area contributed by atoms with Gasteiger partial charge in [-0.05, 0) is 45.0 Å². The van der Waals surface area contributed by atoms with Gasteiger partial charge in [0.05, 0.1) is 0 Å². The fourth-order valence-corrected chi connectivity index (χ4v) is 3.78. The van der Waals surface area contributed by atoms with Crippen molar-refractivity contribution < 1.29 is 0 Å². The highest BCUT2D eigenvalue weighted by atomic mass is 127. The molecule has 2 atom stereocenters. The first-order valence-electron chi connectivity index (χ1n) is 10.5. The van der Waals surface area contributed by atoms with Gasteiger partial charge in [-0.25, -0.2) is 0 Å². The maximum atomic E-state index is 4.54. The van der Waals surface area contributed by atoms with Crippen molar-refractivity contribution in [3.8, 4) is 0 Å². The first-order chi connectivity index (χ1) is 13.1. The third-order valence-electron chi connectivity index (χ3n) is 5.79. The lowest BCUT2D eigenvalue weighted by molar-refractivity contribution is 0.246. The molecule has 0 bridgehead atoms. The summed E-state index contributed by atoms with van der Waals surface area (Å²) in [6.07, 6.45) is 1.26. The molecule has 0 aromatic heterocycles. The van der Waals surface area contributed by atoms with Gasteiger partial charge in [0.2, 0.25) is 0 Å². The minimum absolute atomic E-state index is 0. The molecule has 1 aromatic rings. The van der Waals surface area contributed by atoms with Crippen molar-refractivity contribution in [3.63, 3.8) is 0 Å². The van der Waals surface area contributed by atoms with Crippen LogP contribution in [0.5, 0.6) is 0 Å². The Morgan fingerprint density at radius 2 is 1.93 bits per heavy atom. The fraction of sp³-hybridized carbons (Fsp3) is 0.682. The zero-order valence-electron chi connectivity index (χ0n) is 18.4. The molecule has 0 spiro atoms. The molecule has 1 fully saturated rings. The van der Waals surface area contributed by atoms with Gasteiger partial charge in [-0.2, -0.15) is 0 Å². The first kappa shape index (κ1) is 25.2. The minimum atomic E-state index is 0. The molecule has 5 nitrogen and oxygen atoms in total. The third kappa shape index (κ3) is 7.87. The van der Waals surface area contributed by atoms with Crippen molar-refractivity contribution in [2.75, 3.05) is 53.4 Å². The molecule has 1 aliphatic heterocycles. The number of aliphatic imine (C=N–C) groups is 1. The van der Waals surface area contributed by atoms with E-state index in [2.05, 4.69) is 83.2 Å². The Balaban J connectivity index is 0.00000392. The van der Waals surface area contributed by atoms with Crippen LogP contribution in [-0.4, -0.2) is 80.1 Å². The average molecular weight is 502 g/mol. The summed E-state index contributed by atoms with van der Waals surface area (Å²) in [4.78, 5) is 11.9. The molecule has 1 heterocycles. The molecule has 2 rings (SSSR count). The summed E-state index contributed by atoms with van der Waals surface area (Å²) in [7, 11) is 4.09. The number of rotatable bonds is 9. The normalized spacial score (nSPS) is 18.5. The van der Waals surface area contributed by atoms with Gasteiger partial charge in [-0.3, -0.25) is 9.89 Å². The molecule has 2 unspecified atom stereocenters. The van der Waals surface area contributed by atoms with Crippen LogP contribution in [0.15, 0.2) is 35.3 Å². The Kier molecular flexibility index (Phi) is 12.0. The summed E-state index contributed by atoms with van der Waals surface area (Å²) in [5.74, 6) is 1.80. The van der Waals surface area contributed by atoms with Crippen LogP contribution >= 0.6 is 24.0 Å². The number of likely N-dealkylation sites (tertiary alicyclic amines) is 1. The smallest absolute Gasteiger partial charge is 0.193 e. The second kappa shape index (κ2) is 13.4. The summed E-state index contributed by atoms with van der Waals surface area (Å²) in [5.41, 5.74) is 1.36. The number of nitrogens with one attached hydrogen (secondary N) is 1. The largest absolute Gasteiger partial charge is 0.355 e. The number of hydrogen-bond donors (Lipinski definition) is 1. The van der Waals surface area contributed by atoms with Gasteiger partial charge >= 0.3 is 0 Å². The molecular weight excluding hydrogens is 461 g/mol. The molecule has 0 saturated carbocycles. The van der Waals surface area contributed by atoms with Crippen molar-refractivity contribution in [2.24, 2.45) is 10.9 Å². The van der Waals surface area contributed by atoms with E-state index in [1.54, 1.807) is 0 Å². The van der Waals surface area contributed by atoms with E-state index in [1.165, 1.54) is 18.5 Å². The lowest BCUT2D eigenvalue weighted by Gasteiger charge is -2.28. The van der Waals surface area contributed by atoms with E-state index in [-0.39, 0.29) is 24.0 Å². The Bertz CT molecular complexity index is 561. The topological polar surface area (TPSA) is 34.1 Å². The van der Waals surface area contributed by atoms with Gasteiger partial charge < -0.3 is 15.1 Å². The molecule has 1 aromatic carbocycles. The number of halogens is 1. The second-order valence-corrected chi connectivity index (χ2v) is 7.76. The number of likely N-dealkylation sites (N-methyl/N-ethyl adjacent to an activating group) is 1. The zero-order chi connectivity index (χ0) is 19.6.